The van der Waals surface area contributed by atoms with Gasteiger partial charge in [0, 0.05) is 43.6 Å². The second kappa shape index (κ2) is 10.4. The van der Waals surface area contributed by atoms with Gasteiger partial charge in [-0.3, -0.25) is 14.9 Å². The minimum absolute atomic E-state index is 0.0552. The van der Waals surface area contributed by atoms with Crippen LogP contribution in [-0.4, -0.2) is 57.3 Å². The number of hydrogen-bond donors (Lipinski definition) is 1. The predicted molar refractivity (Wildman–Crippen MR) is 142 cm³/mol. The van der Waals surface area contributed by atoms with E-state index in [1.165, 1.54) is 11.3 Å². The molecule has 2 aliphatic rings. The highest BCUT2D eigenvalue weighted by Gasteiger charge is 2.30. The number of aromatic nitrogens is 4. The average molecular weight is 547 g/mol. The molecule has 2 fully saturated rings. The summed E-state index contributed by atoms with van der Waals surface area (Å²) in [6.07, 6.45) is 2.94. The van der Waals surface area contributed by atoms with E-state index in [1.54, 1.807) is 49.2 Å². The van der Waals surface area contributed by atoms with Crippen LogP contribution in [0.4, 0.5) is 5.13 Å². The Kier molecular flexibility index (Phi) is 6.69. The van der Waals surface area contributed by atoms with Gasteiger partial charge in [-0.25, -0.2) is 0 Å². The Balaban J connectivity index is 1.21. The van der Waals surface area contributed by atoms with Gasteiger partial charge in [-0.05, 0) is 55.7 Å². The average Bonchev–Trinajstić information content (AvgIpc) is 3.38. The van der Waals surface area contributed by atoms with Crippen molar-refractivity contribution in [3.63, 3.8) is 0 Å². The van der Waals surface area contributed by atoms with E-state index in [0.29, 0.717) is 52.2 Å². The smallest absolute Gasteiger partial charge is 0.257 e. The highest BCUT2D eigenvalue weighted by atomic mass is 32.1. The van der Waals surface area contributed by atoms with Crippen molar-refractivity contribution in [2.75, 3.05) is 25.5 Å². The molecule has 2 amide bonds. The first-order chi connectivity index (χ1) is 18.9. The zero-order valence-electron chi connectivity index (χ0n) is 21.4. The van der Waals surface area contributed by atoms with Crippen LogP contribution < -0.4 is 14.8 Å². The number of carbonyl (C=O) groups excluding carboxylic acids is 2. The van der Waals surface area contributed by atoms with Crippen LogP contribution in [0.3, 0.4) is 0 Å². The topological polar surface area (TPSA) is 133 Å². The summed E-state index contributed by atoms with van der Waals surface area (Å²) >= 11 is 1.39. The van der Waals surface area contributed by atoms with E-state index in [4.69, 9.17) is 13.9 Å². The van der Waals surface area contributed by atoms with Crippen LogP contribution in [0.2, 0.25) is 0 Å². The van der Waals surface area contributed by atoms with Crippen LogP contribution in [-0.2, 0) is 4.79 Å². The molecule has 11 nitrogen and oxygen atoms in total. The minimum atomic E-state index is -0.359. The number of anilines is 1. The van der Waals surface area contributed by atoms with Gasteiger partial charge in [-0.15, -0.1) is 20.4 Å². The number of amides is 2. The summed E-state index contributed by atoms with van der Waals surface area (Å²) in [4.78, 5) is 27.2. The minimum Gasteiger partial charge on any atom is -0.493 e. The third kappa shape index (κ3) is 5.75. The van der Waals surface area contributed by atoms with E-state index in [2.05, 4.69) is 25.7 Å². The van der Waals surface area contributed by atoms with Crippen LogP contribution in [0.15, 0.2) is 46.9 Å². The molecule has 0 radical (unpaired) electrons. The largest absolute Gasteiger partial charge is 0.493 e. The molecule has 4 aromatic rings. The summed E-state index contributed by atoms with van der Waals surface area (Å²) in [6.45, 7) is 2.65. The molecule has 200 valence electrons. The third-order valence-electron chi connectivity index (χ3n) is 6.58. The summed E-state index contributed by atoms with van der Waals surface area (Å²) < 4.78 is 17.5. The Morgan fingerprint density at radius 1 is 1.05 bits per heavy atom. The Hall–Kier alpha value is -4.32. The van der Waals surface area contributed by atoms with E-state index in [0.717, 1.165) is 29.8 Å². The number of hydrogen-bond acceptors (Lipinski definition) is 10. The van der Waals surface area contributed by atoms with E-state index in [-0.39, 0.29) is 24.3 Å². The number of likely N-dealkylation sites (tertiary alicyclic amines) is 1. The number of nitrogens with one attached hydrogen (secondary N) is 1. The van der Waals surface area contributed by atoms with Gasteiger partial charge in [-0.2, -0.15) is 0 Å². The Labute approximate surface area is 228 Å². The lowest BCUT2D eigenvalue weighted by atomic mass is 10.1. The van der Waals surface area contributed by atoms with E-state index < -0.39 is 0 Å². The third-order valence-corrected chi connectivity index (χ3v) is 7.58. The Morgan fingerprint density at radius 3 is 2.54 bits per heavy atom. The fourth-order valence-corrected chi connectivity index (χ4v) is 5.16. The molecule has 6 rings (SSSR count). The van der Waals surface area contributed by atoms with Crippen molar-refractivity contribution in [2.45, 2.75) is 32.1 Å². The van der Waals surface area contributed by atoms with E-state index in [1.807, 2.05) is 12.1 Å². The summed E-state index contributed by atoms with van der Waals surface area (Å²) in [7, 11) is 1.78. The summed E-state index contributed by atoms with van der Waals surface area (Å²) in [6, 6.07) is 12.1. The number of aryl methyl sites for hydroxylation is 1. The van der Waals surface area contributed by atoms with Crippen molar-refractivity contribution < 1.29 is 23.5 Å². The van der Waals surface area contributed by atoms with Gasteiger partial charge in [0.2, 0.25) is 22.8 Å². The molecule has 1 saturated heterocycles. The lowest BCUT2D eigenvalue weighted by Crippen LogP contribution is -2.25. The Morgan fingerprint density at radius 2 is 1.85 bits per heavy atom. The molecule has 1 atom stereocenters. The quantitative estimate of drug-likeness (QED) is 0.318. The van der Waals surface area contributed by atoms with Crippen molar-refractivity contribution in [3.8, 4) is 28.7 Å². The molecular weight excluding hydrogens is 520 g/mol. The molecule has 1 aliphatic heterocycles. The molecule has 1 N–H and O–H groups in total. The van der Waals surface area contributed by atoms with Crippen molar-refractivity contribution >= 4 is 28.3 Å². The maximum Gasteiger partial charge on any atom is 0.257 e. The first kappa shape index (κ1) is 25.0. The lowest BCUT2D eigenvalue weighted by Gasteiger charge is -2.14. The van der Waals surface area contributed by atoms with Crippen molar-refractivity contribution in [1.82, 2.24) is 25.3 Å². The molecule has 1 unspecified atom stereocenters. The second-order valence-electron chi connectivity index (χ2n) is 9.68. The normalized spacial score (nSPS) is 16.9. The van der Waals surface area contributed by atoms with Gasteiger partial charge >= 0.3 is 0 Å². The standard InChI is InChI=1S/C27H26N6O5S/c1-15-29-30-24(37-15)16-5-7-20(8-6-16)38-22-12-19(23(34)28-27-32-31-25(39-27)17-3-4-17)11-21(13-22)36-14-18-9-10-33(2)26(18)35/h5-8,11-13,17-18H,3-4,9-10,14H2,1-2H3,(H,28,32,34). The fourth-order valence-electron chi connectivity index (χ4n) is 4.26. The van der Waals surface area contributed by atoms with E-state index >= 15 is 0 Å². The molecule has 0 spiro atoms. The number of carbonyl (C=O) groups is 2. The van der Waals surface area contributed by atoms with Crippen molar-refractivity contribution in [2.24, 2.45) is 5.92 Å². The monoisotopic (exact) mass is 546 g/mol. The second-order valence-corrected chi connectivity index (χ2v) is 10.7. The van der Waals surface area contributed by atoms with Gasteiger partial charge in [0.05, 0.1) is 12.5 Å². The van der Waals surface area contributed by atoms with Gasteiger partial charge in [0.15, 0.2) is 0 Å². The van der Waals surface area contributed by atoms with Gasteiger partial charge < -0.3 is 18.8 Å². The number of ether oxygens (including phenoxy) is 2. The summed E-state index contributed by atoms with van der Waals surface area (Å²) in [5.74, 6) is 2.21. The zero-order valence-corrected chi connectivity index (χ0v) is 22.2. The maximum atomic E-state index is 13.2. The van der Waals surface area contributed by atoms with Crippen LogP contribution >= 0.6 is 11.3 Å². The highest BCUT2D eigenvalue weighted by molar-refractivity contribution is 7.15. The maximum absolute atomic E-state index is 13.2. The molecule has 1 aliphatic carbocycles. The van der Waals surface area contributed by atoms with Crippen LogP contribution in [0.25, 0.3) is 11.5 Å². The van der Waals surface area contributed by atoms with Crippen LogP contribution in [0, 0.1) is 12.8 Å². The summed E-state index contributed by atoms with van der Waals surface area (Å²) in [5.41, 5.74) is 1.09. The van der Waals surface area contributed by atoms with Crippen LogP contribution in [0.5, 0.6) is 17.2 Å². The Bertz CT molecular complexity index is 1510. The highest BCUT2D eigenvalue weighted by Crippen LogP contribution is 2.42. The SMILES string of the molecule is Cc1nnc(-c2ccc(Oc3cc(OCC4CCN(C)C4=O)cc(C(=O)Nc4nnc(C5CC5)s4)c3)cc2)o1. The van der Waals surface area contributed by atoms with E-state index in [9.17, 15) is 9.59 Å². The van der Waals surface area contributed by atoms with Crippen LogP contribution in [0.1, 0.15) is 46.4 Å². The number of nitrogens with zero attached hydrogens (tertiary/aromatic N) is 5. The molecule has 1 saturated carbocycles. The molecule has 39 heavy (non-hydrogen) atoms. The molecule has 2 aromatic heterocycles. The molecule has 3 heterocycles. The van der Waals surface area contributed by atoms with Crippen molar-refractivity contribution in [3.05, 3.63) is 58.9 Å². The van der Waals surface area contributed by atoms with Gasteiger partial charge in [-0.1, -0.05) is 11.3 Å². The zero-order chi connectivity index (χ0) is 26.9. The summed E-state index contributed by atoms with van der Waals surface area (Å²) in [5, 5.41) is 20.4. The molecule has 0 bridgehead atoms. The molecule has 12 heteroatoms. The predicted octanol–water partition coefficient (Wildman–Crippen LogP) is 4.68. The molecule has 2 aromatic carbocycles. The first-order valence-electron chi connectivity index (χ1n) is 12.7. The fraction of sp³-hybridized carbons (Fsp3) is 0.333. The van der Waals surface area contributed by atoms with Gasteiger partial charge in [0.1, 0.15) is 22.3 Å². The lowest BCUT2D eigenvalue weighted by molar-refractivity contribution is -0.130. The number of benzene rings is 2. The number of rotatable bonds is 9. The molecular formula is C27H26N6O5S. The first-order valence-corrected chi connectivity index (χ1v) is 13.5. The van der Waals surface area contributed by atoms with Crippen molar-refractivity contribution in [1.29, 1.82) is 0 Å². The van der Waals surface area contributed by atoms with Gasteiger partial charge in [0.25, 0.3) is 5.91 Å².